The first-order valence-electron chi connectivity index (χ1n) is 7.60. The van der Waals surface area contributed by atoms with Crippen LogP contribution in [-0.2, 0) is 5.41 Å². The second kappa shape index (κ2) is 5.27. The number of alkyl halides is 1. The van der Waals surface area contributed by atoms with Gasteiger partial charge in [0.05, 0.1) is 5.69 Å². The van der Waals surface area contributed by atoms with Gasteiger partial charge in [0.15, 0.2) is 5.82 Å². The smallest absolute Gasteiger partial charge is 0.154 e. The van der Waals surface area contributed by atoms with Crippen molar-refractivity contribution in [3.63, 3.8) is 0 Å². The third kappa shape index (κ3) is 2.80. The van der Waals surface area contributed by atoms with Gasteiger partial charge in [-0.2, -0.15) is 5.10 Å². The first-order chi connectivity index (χ1) is 9.86. The Kier molecular flexibility index (Phi) is 3.72. The van der Waals surface area contributed by atoms with Gasteiger partial charge in [-0.3, -0.25) is 0 Å². The summed E-state index contributed by atoms with van der Waals surface area (Å²) in [6.45, 7) is 11.0. The van der Waals surface area contributed by atoms with E-state index in [0.717, 1.165) is 36.0 Å². The van der Waals surface area contributed by atoms with E-state index in [2.05, 4.69) is 59.6 Å². The summed E-state index contributed by atoms with van der Waals surface area (Å²) >= 11 is 3.80. The zero-order chi connectivity index (χ0) is 15.2. The summed E-state index contributed by atoms with van der Waals surface area (Å²) in [7, 11) is 0. The summed E-state index contributed by atoms with van der Waals surface area (Å²) in [4.78, 5) is 7.53. The molecule has 114 valence electrons. The summed E-state index contributed by atoms with van der Waals surface area (Å²) < 4.78 is 1.96. The molecule has 0 radical (unpaired) electrons. The lowest BCUT2D eigenvalue weighted by Gasteiger charge is -2.35. The SMILES string of the molecule is CC1CCN(c2nccn3nc(C(C)(C)C)cc23)CC1Br. The monoisotopic (exact) mass is 350 g/mol. The van der Waals surface area contributed by atoms with Gasteiger partial charge < -0.3 is 4.90 Å². The van der Waals surface area contributed by atoms with Crippen molar-refractivity contribution in [2.45, 2.75) is 44.4 Å². The van der Waals surface area contributed by atoms with Crippen LogP contribution in [0.4, 0.5) is 5.82 Å². The van der Waals surface area contributed by atoms with Crippen LogP contribution < -0.4 is 4.90 Å². The molecule has 1 fully saturated rings. The third-order valence-corrected chi connectivity index (χ3v) is 5.50. The number of aromatic nitrogens is 3. The minimum atomic E-state index is 0.0532. The predicted molar refractivity (Wildman–Crippen MR) is 90.4 cm³/mol. The maximum Gasteiger partial charge on any atom is 0.154 e. The highest BCUT2D eigenvalue weighted by Gasteiger charge is 2.27. The van der Waals surface area contributed by atoms with Crippen LogP contribution in [0.1, 0.15) is 39.8 Å². The van der Waals surface area contributed by atoms with Crippen LogP contribution in [0.15, 0.2) is 18.5 Å². The Morgan fingerprint density at radius 3 is 2.76 bits per heavy atom. The standard InChI is InChI=1S/C16H23BrN4/c1-11-5-7-20(10-12(11)17)15-13-9-14(16(2,3)4)19-21(13)8-6-18-15/h6,8-9,11-12H,5,7,10H2,1-4H3. The topological polar surface area (TPSA) is 33.4 Å². The highest BCUT2D eigenvalue weighted by atomic mass is 79.9. The average molecular weight is 351 g/mol. The number of hydrogen-bond donors (Lipinski definition) is 0. The fourth-order valence-corrected chi connectivity index (χ4v) is 3.35. The van der Waals surface area contributed by atoms with Gasteiger partial charge in [-0.1, -0.05) is 43.6 Å². The van der Waals surface area contributed by atoms with Crippen LogP contribution in [0.25, 0.3) is 5.52 Å². The molecule has 1 aliphatic heterocycles. The van der Waals surface area contributed by atoms with Crippen LogP contribution in [0.2, 0.25) is 0 Å². The van der Waals surface area contributed by atoms with E-state index in [1.165, 1.54) is 6.42 Å². The van der Waals surface area contributed by atoms with Crippen molar-refractivity contribution >= 4 is 27.3 Å². The Bertz CT molecular complexity index is 643. The second-order valence-corrected chi connectivity index (χ2v) is 8.26. The van der Waals surface area contributed by atoms with Crippen molar-refractivity contribution in [1.29, 1.82) is 0 Å². The first-order valence-corrected chi connectivity index (χ1v) is 8.52. The van der Waals surface area contributed by atoms with Crippen molar-refractivity contribution in [2.24, 2.45) is 5.92 Å². The molecule has 2 atom stereocenters. The Morgan fingerprint density at radius 2 is 2.10 bits per heavy atom. The summed E-state index contributed by atoms with van der Waals surface area (Å²) in [6, 6.07) is 2.18. The number of rotatable bonds is 1. The van der Waals surface area contributed by atoms with E-state index in [9.17, 15) is 0 Å². The largest absolute Gasteiger partial charge is 0.354 e. The van der Waals surface area contributed by atoms with Crippen LogP contribution >= 0.6 is 15.9 Å². The molecule has 1 saturated heterocycles. The van der Waals surface area contributed by atoms with Crippen molar-refractivity contribution in [3.8, 4) is 0 Å². The Balaban J connectivity index is 2.01. The molecule has 0 bridgehead atoms. The number of fused-ring (bicyclic) bond motifs is 1. The van der Waals surface area contributed by atoms with Crippen LogP contribution in [0, 0.1) is 5.92 Å². The van der Waals surface area contributed by atoms with Crippen LogP contribution in [-0.4, -0.2) is 32.5 Å². The van der Waals surface area contributed by atoms with Gasteiger partial charge >= 0.3 is 0 Å². The lowest BCUT2D eigenvalue weighted by molar-refractivity contribution is 0.455. The van der Waals surface area contributed by atoms with Crippen molar-refractivity contribution < 1.29 is 0 Å². The molecule has 0 spiro atoms. The molecule has 2 aromatic heterocycles. The van der Waals surface area contributed by atoms with Crippen molar-refractivity contribution in [3.05, 3.63) is 24.2 Å². The summed E-state index contributed by atoms with van der Waals surface area (Å²) in [6.07, 6.45) is 4.98. The van der Waals surface area contributed by atoms with E-state index in [0.29, 0.717) is 4.83 Å². The lowest BCUT2D eigenvalue weighted by atomic mass is 9.92. The fraction of sp³-hybridized carbons (Fsp3) is 0.625. The van der Waals surface area contributed by atoms with Crippen molar-refractivity contribution in [2.75, 3.05) is 18.0 Å². The zero-order valence-corrected chi connectivity index (χ0v) is 14.8. The normalized spacial score (nSPS) is 23.8. The molecule has 0 aromatic carbocycles. The molecule has 2 aromatic rings. The Labute approximate surface area is 134 Å². The number of hydrogen-bond acceptors (Lipinski definition) is 3. The fourth-order valence-electron chi connectivity index (χ4n) is 2.73. The molecular formula is C16H23BrN4. The van der Waals surface area contributed by atoms with E-state index in [-0.39, 0.29) is 5.41 Å². The summed E-state index contributed by atoms with van der Waals surface area (Å²) in [5, 5.41) is 4.71. The van der Waals surface area contributed by atoms with Gasteiger partial charge in [0.25, 0.3) is 0 Å². The lowest BCUT2D eigenvalue weighted by Crippen LogP contribution is -2.40. The molecule has 0 N–H and O–H groups in total. The van der Waals surface area contributed by atoms with Gasteiger partial charge in [0.2, 0.25) is 0 Å². The summed E-state index contributed by atoms with van der Waals surface area (Å²) in [5.74, 6) is 1.77. The first kappa shape index (κ1) is 14.8. The highest BCUT2D eigenvalue weighted by Crippen LogP contribution is 2.30. The molecule has 3 heterocycles. The minimum absolute atomic E-state index is 0.0532. The zero-order valence-electron chi connectivity index (χ0n) is 13.2. The van der Waals surface area contributed by atoms with E-state index < -0.39 is 0 Å². The molecule has 3 rings (SSSR count). The van der Waals surface area contributed by atoms with Crippen LogP contribution in [0.3, 0.4) is 0 Å². The molecule has 5 heteroatoms. The van der Waals surface area contributed by atoms with E-state index in [1.807, 2.05) is 16.9 Å². The predicted octanol–water partition coefficient (Wildman–Crippen LogP) is 3.64. The molecule has 0 saturated carbocycles. The van der Waals surface area contributed by atoms with Crippen molar-refractivity contribution in [1.82, 2.24) is 14.6 Å². The maximum atomic E-state index is 4.71. The van der Waals surface area contributed by atoms with E-state index >= 15 is 0 Å². The third-order valence-electron chi connectivity index (χ3n) is 4.30. The highest BCUT2D eigenvalue weighted by molar-refractivity contribution is 9.09. The van der Waals surface area contributed by atoms with E-state index in [4.69, 9.17) is 5.10 Å². The number of anilines is 1. The van der Waals surface area contributed by atoms with Gasteiger partial charge in [0, 0.05) is 35.7 Å². The van der Waals surface area contributed by atoms with Gasteiger partial charge in [0.1, 0.15) is 5.52 Å². The molecule has 2 unspecified atom stereocenters. The molecule has 4 nitrogen and oxygen atoms in total. The number of halogens is 1. The van der Waals surface area contributed by atoms with E-state index in [1.54, 1.807) is 0 Å². The maximum absolute atomic E-state index is 4.71. The quantitative estimate of drug-likeness (QED) is 0.736. The minimum Gasteiger partial charge on any atom is -0.354 e. The molecular weight excluding hydrogens is 328 g/mol. The number of piperidine rings is 1. The molecule has 0 aliphatic carbocycles. The molecule has 0 amide bonds. The number of nitrogens with zero attached hydrogens (tertiary/aromatic N) is 4. The Hall–Kier alpha value is -1.10. The average Bonchev–Trinajstić information content (AvgIpc) is 2.86. The van der Waals surface area contributed by atoms with Gasteiger partial charge in [-0.25, -0.2) is 9.50 Å². The Morgan fingerprint density at radius 1 is 1.33 bits per heavy atom. The van der Waals surface area contributed by atoms with Gasteiger partial charge in [-0.15, -0.1) is 0 Å². The second-order valence-electron chi connectivity index (χ2n) is 7.09. The van der Waals surface area contributed by atoms with Gasteiger partial charge in [-0.05, 0) is 18.4 Å². The molecule has 21 heavy (non-hydrogen) atoms. The molecule has 1 aliphatic rings. The summed E-state index contributed by atoms with van der Waals surface area (Å²) in [5.41, 5.74) is 2.27. The van der Waals surface area contributed by atoms with Crippen LogP contribution in [0.5, 0.6) is 0 Å².